The molecule has 2 aromatic carbocycles. The second-order valence-corrected chi connectivity index (χ2v) is 7.57. The monoisotopic (exact) mass is 421 g/mol. The summed E-state index contributed by atoms with van der Waals surface area (Å²) in [4.78, 5) is 18.1. The molecule has 0 saturated carbocycles. The molecule has 2 aromatic heterocycles. The number of amides is 1. The highest BCUT2D eigenvalue weighted by molar-refractivity contribution is 7.15. The fourth-order valence-electron chi connectivity index (χ4n) is 3.25. The summed E-state index contributed by atoms with van der Waals surface area (Å²) in [5, 5.41) is 4.95. The van der Waals surface area contributed by atoms with Crippen LogP contribution in [0.4, 0.5) is 0 Å². The number of ether oxygens (including phenoxy) is 2. The van der Waals surface area contributed by atoms with Gasteiger partial charge in [0.05, 0.1) is 25.8 Å². The van der Waals surface area contributed by atoms with E-state index in [2.05, 4.69) is 5.32 Å². The minimum Gasteiger partial charge on any atom is -0.496 e. The summed E-state index contributed by atoms with van der Waals surface area (Å²) in [6.45, 7) is 3.03. The van der Waals surface area contributed by atoms with Crippen molar-refractivity contribution in [2.24, 2.45) is 0 Å². The Morgan fingerprint density at radius 3 is 2.73 bits per heavy atom. The van der Waals surface area contributed by atoms with Gasteiger partial charge in [0.25, 0.3) is 0 Å². The van der Waals surface area contributed by atoms with Gasteiger partial charge in [-0.2, -0.15) is 0 Å². The Kier molecular flexibility index (Phi) is 5.99. The van der Waals surface area contributed by atoms with Crippen LogP contribution in [0.3, 0.4) is 0 Å². The van der Waals surface area contributed by atoms with Crippen molar-refractivity contribution in [1.29, 1.82) is 0 Å². The molecule has 0 atom stereocenters. The summed E-state index contributed by atoms with van der Waals surface area (Å²) in [7, 11) is 1.63. The molecule has 1 N–H and O–H groups in total. The van der Waals surface area contributed by atoms with Crippen LogP contribution in [0.2, 0.25) is 0 Å². The normalized spacial score (nSPS) is 10.9. The lowest BCUT2D eigenvalue weighted by Gasteiger charge is -2.09. The van der Waals surface area contributed by atoms with Gasteiger partial charge in [0, 0.05) is 34.9 Å². The zero-order valence-electron chi connectivity index (χ0n) is 16.9. The topological polar surface area (TPSA) is 64.9 Å². The minimum absolute atomic E-state index is 0.0445. The Labute approximate surface area is 179 Å². The number of hydrogen-bond donors (Lipinski definition) is 1. The van der Waals surface area contributed by atoms with Crippen LogP contribution in [-0.4, -0.2) is 29.0 Å². The third kappa shape index (κ3) is 4.31. The number of carbonyl (C=O) groups excluding carboxylic acids is 1. The van der Waals surface area contributed by atoms with E-state index >= 15 is 0 Å². The molecule has 0 aliphatic heterocycles. The maximum absolute atomic E-state index is 12.5. The Bertz CT molecular complexity index is 1150. The Morgan fingerprint density at radius 1 is 1.17 bits per heavy atom. The van der Waals surface area contributed by atoms with Crippen molar-refractivity contribution in [2.45, 2.75) is 19.9 Å². The van der Waals surface area contributed by atoms with E-state index in [0.717, 1.165) is 39.0 Å². The van der Waals surface area contributed by atoms with E-state index in [4.69, 9.17) is 14.5 Å². The van der Waals surface area contributed by atoms with E-state index in [1.807, 2.05) is 71.4 Å². The summed E-state index contributed by atoms with van der Waals surface area (Å²) in [5.41, 5.74) is 3.75. The molecule has 0 fully saturated rings. The smallest absolute Gasteiger partial charge is 0.226 e. The number of para-hydroxylation sites is 1. The Hall–Kier alpha value is -3.32. The molecule has 30 heavy (non-hydrogen) atoms. The molecule has 4 rings (SSSR count). The molecule has 6 nitrogen and oxygen atoms in total. The van der Waals surface area contributed by atoms with E-state index in [1.165, 1.54) is 11.3 Å². The second-order valence-electron chi connectivity index (χ2n) is 6.73. The molecule has 0 aliphatic rings. The molecule has 2 heterocycles. The highest BCUT2D eigenvalue weighted by Crippen LogP contribution is 2.25. The summed E-state index contributed by atoms with van der Waals surface area (Å²) >= 11 is 1.53. The van der Waals surface area contributed by atoms with Crippen LogP contribution in [0.25, 0.3) is 16.2 Å². The van der Waals surface area contributed by atoms with Crippen LogP contribution in [0, 0.1) is 0 Å². The van der Waals surface area contributed by atoms with Crippen LogP contribution >= 0.6 is 11.3 Å². The van der Waals surface area contributed by atoms with Gasteiger partial charge in [-0.15, -0.1) is 11.3 Å². The first kappa shape index (κ1) is 20.0. The van der Waals surface area contributed by atoms with Crippen molar-refractivity contribution in [2.75, 3.05) is 13.7 Å². The average Bonchev–Trinajstić information content (AvgIpc) is 3.35. The number of methoxy groups -OCH3 is 1. The largest absolute Gasteiger partial charge is 0.496 e. The highest BCUT2D eigenvalue weighted by atomic mass is 32.1. The number of imidazole rings is 1. The summed E-state index contributed by atoms with van der Waals surface area (Å²) < 4.78 is 12.8. The lowest BCUT2D eigenvalue weighted by Crippen LogP contribution is -2.25. The molecule has 0 unspecified atom stereocenters. The first-order valence-electron chi connectivity index (χ1n) is 9.75. The van der Waals surface area contributed by atoms with Gasteiger partial charge >= 0.3 is 0 Å². The van der Waals surface area contributed by atoms with E-state index in [-0.39, 0.29) is 12.3 Å². The number of nitrogens with zero attached hydrogens (tertiary/aromatic N) is 2. The molecule has 0 spiro atoms. The van der Waals surface area contributed by atoms with Crippen LogP contribution in [0.1, 0.15) is 18.2 Å². The number of nitrogens with one attached hydrogen (secondary N) is 1. The SMILES string of the molecule is CCOc1ccc(-c2cn3c(CC(=O)NCc4ccccc4OC)csc3n2)cc1. The lowest BCUT2D eigenvalue weighted by molar-refractivity contribution is -0.120. The number of thiazole rings is 1. The Morgan fingerprint density at radius 2 is 1.97 bits per heavy atom. The van der Waals surface area contributed by atoms with Crippen molar-refractivity contribution < 1.29 is 14.3 Å². The van der Waals surface area contributed by atoms with Gasteiger partial charge in [0.15, 0.2) is 4.96 Å². The van der Waals surface area contributed by atoms with Gasteiger partial charge in [-0.05, 0) is 37.3 Å². The molecule has 0 radical (unpaired) electrons. The number of rotatable bonds is 8. The fraction of sp³-hybridized carbons (Fsp3) is 0.217. The van der Waals surface area contributed by atoms with Crippen LogP contribution in [-0.2, 0) is 17.8 Å². The number of hydrogen-bond acceptors (Lipinski definition) is 5. The van der Waals surface area contributed by atoms with E-state index in [0.29, 0.717) is 13.2 Å². The number of benzene rings is 2. The summed E-state index contributed by atoms with van der Waals surface area (Å²) in [5.74, 6) is 1.57. The van der Waals surface area contributed by atoms with Crippen molar-refractivity contribution in [3.63, 3.8) is 0 Å². The maximum Gasteiger partial charge on any atom is 0.226 e. The molecular weight excluding hydrogens is 398 g/mol. The third-order valence-corrected chi connectivity index (χ3v) is 5.64. The van der Waals surface area contributed by atoms with Gasteiger partial charge in [-0.25, -0.2) is 4.98 Å². The molecular formula is C23H23N3O3S. The van der Waals surface area contributed by atoms with E-state index in [9.17, 15) is 4.79 Å². The van der Waals surface area contributed by atoms with Gasteiger partial charge in [-0.3, -0.25) is 9.20 Å². The third-order valence-electron chi connectivity index (χ3n) is 4.75. The zero-order chi connectivity index (χ0) is 20.9. The summed E-state index contributed by atoms with van der Waals surface area (Å²) in [6, 6.07) is 15.6. The second kappa shape index (κ2) is 9.00. The molecule has 0 saturated heterocycles. The van der Waals surface area contributed by atoms with Crippen molar-refractivity contribution in [1.82, 2.24) is 14.7 Å². The number of carbonyl (C=O) groups is 1. The first-order valence-corrected chi connectivity index (χ1v) is 10.6. The van der Waals surface area contributed by atoms with Crippen molar-refractivity contribution >= 4 is 22.2 Å². The standard InChI is InChI=1S/C23H23N3O3S/c1-3-29-19-10-8-16(9-11-19)20-14-26-18(15-30-23(26)25-20)12-22(27)24-13-17-6-4-5-7-21(17)28-2/h4-11,14-15H,3,12-13H2,1-2H3,(H,24,27). The molecule has 0 bridgehead atoms. The van der Waals surface area contributed by atoms with Crippen LogP contribution < -0.4 is 14.8 Å². The quantitative estimate of drug-likeness (QED) is 0.460. The molecule has 1 amide bonds. The number of fused-ring (bicyclic) bond motifs is 1. The zero-order valence-corrected chi connectivity index (χ0v) is 17.7. The molecule has 7 heteroatoms. The van der Waals surface area contributed by atoms with Gasteiger partial charge in [-0.1, -0.05) is 18.2 Å². The van der Waals surface area contributed by atoms with E-state index < -0.39 is 0 Å². The highest BCUT2D eigenvalue weighted by Gasteiger charge is 2.13. The minimum atomic E-state index is -0.0445. The predicted molar refractivity (Wildman–Crippen MR) is 118 cm³/mol. The van der Waals surface area contributed by atoms with E-state index in [1.54, 1.807) is 7.11 Å². The first-order chi connectivity index (χ1) is 14.7. The van der Waals surface area contributed by atoms with Gasteiger partial charge in [0.2, 0.25) is 5.91 Å². The Balaban J connectivity index is 1.45. The maximum atomic E-state index is 12.5. The average molecular weight is 422 g/mol. The van der Waals surface area contributed by atoms with Crippen molar-refractivity contribution in [3.8, 4) is 22.8 Å². The summed E-state index contributed by atoms with van der Waals surface area (Å²) in [6.07, 6.45) is 2.26. The molecule has 4 aromatic rings. The molecule has 0 aliphatic carbocycles. The molecule has 154 valence electrons. The predicted octanol–water partition coefficient (Wildman–Crippen LogP) is 4.33. The fourth-order valence-corrected chi connectivity index (χ4v) is 4.13. The van der Waals surface area contributed by atoms with Crippen LogP contribution in [0.5, 0.6) is 11.5 Å². The van der Waals surface area contributed by atoms with Crippen LogP contribution in [0.15, 0.2) is 60.1 Å². The van der Waals surface area contributed by atoms with Crippen molar-refractivity contribution in [3.05, 3.63) is 71.4 Å². The lowest BCUT2D eigenvalue weighted by atomic mass is 10.1. The van der Waals surface area contributed by atoms with Gasteiger partial charge in [0.1, 0.15) is 11.5 Å². The van der Waals surface area contributed by atoms with Gasteiger partial charge < -0.3 is 14.8 Å². The number of aromatic nitrogens is 2.